The lowest BCUT2D eigenvalue weighted by atomic mass is 9.95. The molecule has 34 heavy (non-hydrogen) atoms. The third kappa shape index (κ3) is 7.28. The maximum atomic E-state index is 12.8. The van der Waals surface area contributed by atoms with Gasteiger partial charge in [-0.25, -0.2) is 0 Å². The zero-order valence-electron chi connectivity index (χ0n) is 19.9. The predicted octanol–water partition coefficient (Wildman–Crippen LogP) is 3.25. The van der Waals surface area contributed by atoms with E-state index in [0.29, 0.717) is 6.42 Å². The number of benzene rings is 1. The molecule has 0 radical (unpaired) electrons. The summed E-state index contributed by atoms with van der Waals surface area (Å²) in [6.07, 6.45) is 7.11. The van der Waals surface area contributed by atoms with Crippen LogP contribution in [0.4, 0.5) is 0 Å². The largest absolute Gasteiger partial charge is 0.457 e. The average Bonchev–Trinajstić information content (AvgIpc) is 2.84. The molecule has 2 aliphatic heterocycles. The van der Waals surface area contributed by atoms with E-state index < -0.39 is 36.9 Å². The minimum Gasteiger partial charge on any atom is -0.457 e. The molecule has 8 nitrogen and oxygen atoms in total. The molecule has 8 heteroatoms. The number of fused-ring (bicyclic) bond motifs is 1. The quantitative estimate of drug-likeness (QED) is 0.300. The zero-order valence-corrected chi connectivity index (χ0v) is 19.9. The number of ether oxygens (including phenoxy) is 5. The second-order valence-electron chi connectivity index (χ2n) is 8.58. The topological polar surface area (TPSA) is 92.3 Å². The minimum atomic E-state index is -0.913. The summed E-state index contributed by atoms with van der Waals surface area (Å²) < 4.78 is 29.8. The van der Waals surface area contributed by atoms with Gasteiger partial charge in [-0.1, -0.05) is 68.9 Å². The number of terminal acetylenes is 1. The van der Waals surface area contributed by atoms with Crippen molar-refractivity contribution in [3.05, 3.63) is 35.9 Å². The van der Waals surface area contributed by atoms with Crippen LogP contribution in [0.1, 0.15) is 64.2 Å². The van der Waals surface area contributed by atoms with Crippen molar-refractivity contribution in [1.82, 2.24) is 5.32 Å². The van der Waals surface area contributed by atoms with Crippen molar-refractivity contribution in [1.29, 1.82) is 0 Å². The van der Waals surface area contributed by atoms with E-state index in [-0.39, 0.29) is 25.1 Å². The molecule has 1 amide bonds. The molecule has 2 heterocycles. The van der Waals surface area contributed by atoms with Gasteiger partial charge in [-0.3, -0.25) is 9.59 Å². The van der Waals surface area contributed by atoms with Gasteiger partial charge < -0.3 is 29.0 Å². The van der Waals surface area contributed by atoms with Gasteiger partial charge in [0.25, 0.3) is 0 Å². The molecule has 1 aromatic rings. The monoisotopic (exact) mass is 473 g/mol. The third-order valence-electron chi connectivity index (χ3n) is 5.86. The van der Waals surface area contributed by atoms with Crippen molar-refractivity contribution in [2.24, 2.45) is 0 Å². The van der Waals surface area contributed by atoms with Crippen molar-refractivity contribution >= 4 is 11.9 Å². The van der Waals surface area contributed by atoms with Crippen molar-refractivity contribution in [3.8, 4) is 12.3 Å². The molecule has 3 rings (SSSR count). The van der Waals surface area contributed by atoms with Crippen LogP contribution >= 0.6 is 0 Å². The predicted molar refractivity (Wildman–Crippen MR) is 124 cm³/mol. The van der Waals surface area contributed by atoms with Crippen LogP contribution in [-0.4, -0.2) is 55.7 Å². The SMILES string of the molecule is C#CCO[C@@H]1O[C@H]2CO[C@@H](c3ccccc3)O[C@H]2[C@H](OC(=O)CCCCCCC)[C@@H]1NC(C)=O. The van der Waals surface area contributed by atoms with E-state index in [9.17, 15) is 9.59 Å². The Labute approximate surface area is 201 Å². The average molecular weight is 474 g/mol. The highest BCUT2D eigenvalue weighted by atomic mass is 16.8. The molecule has 0 unspecified atom stereocenters. The second kappa shape index (κ2) is 13.4. The molecular weight excluding hydrogens is 438 g/mol. The van der Waals surface area contributed by atoms with Crippen molar-refractivity contribution in [3.63, 3.8) is 0 Å². The first-order valence-corrected chi connectivity index (χ1v) is 12.0. The van der Waals surface area contributed by atoms with Gasteiger partial charge in [0.15, 0.2) is 18.7 Å². The fourth-order valence-corrected chi connectivity index (χ4v) is 4.24. The van der Waals surface area contributed by atoms with Crippen LogP contribution in [0.2, 0.25) is 0 Å². The highest BCUT2D eigenvalue weighted by Gasteiger charge is 2.52. The van der Waals surface area contributed by atoms with E-state index in [1.807, 2.05) is 30.3 Å². The van der Waals surface area contributed by atoms with Crippen LogP contribution < -0.4 is 5.32 Å². The first-order valence-electron chi connectivity index (χ1n) is 12.0. The molecule has 2 fully saturated rings. The van der Waals surface area contributed by atoms with Gasteiger partial charge in [-0.05, 0) is 6.42 Å². The Hall–Kier alpha value is -2.44. The van der Waals surface area contributed by atoms with Gasteiger partial charge in [0.1, 0.15) is 24.9 Å². The summed E-state index contributed by atoms with van der Waals surface area (Å²) in [4.78, 5) is 24.8. The van der Waals surface area contributed by atoms with Crippen LogP contribution in [-0.2, 0) is 33.3 Å². The maximum absolute atomic E-state index is 12.8. The van der Waals surface area contributed by atoms with Crippen LogP contribution in [0.15, 0.2) is 30.3 Å². The summed E-state index contributed by atoms with van der Waals surface area (Å²) >= 11 is 0. The molecule has 186 valence electrons. The normalized spacial score (nSPS) is 28.4. The van der Waals surface area contributed by atoms with Gasteiger partial charge in [-0.2, -0.15) is 0 Å². The Balaban J connectivity index is 1.77. The number of rotatable bonds is 11. The molecule has 0 aliphatic carbocycles. The number of carbonyl (C=O) groups is 2. The van der Waals surface area contributed by atoms with Gasteiger partial charge in [0, 0.05) is 18.9 Å². The highest BCUT2D eigenvalue weighted by Crippen LogP contribution is 2.36. The molecular formula is C26H35NO7. The number of carbonyl (C=O) groups excluding carboxylic acids is 2. The summed E-state index contributed by atoms with van der Waals surface area (Å²) in [5.74, 6) is 1.75. The molecule has 2 aliphatic rings. The van der Waals surface area contributed by atoms with E-state index >= 15 is 0 Å². The van der Waals surface area contributed by atoms with Gasteiger partial charge in [0.05, 0.1) is 6.61 Å². The van der Waals surface area contributed by atoms with Gasteiger partial charge in [0.2, 0.25) is 5.91 Å². The maximum Gasteiger partial charge on any atom is 0.306 e. The summed E-state index contributed by atoms with van der Waals surface area (Å²) in [7, 11) is 0. The molecule has 1 aromatic carbocycles. The first-order chi connectivity index (χ1) is 16.5. The summed E-state index contributed by atoms with van der Waals surface area (Å²) in [5, 5.41) is 2.81. The Bertz CT molecular complexity index is 824. The first kappa shape index (κ1) is 26.2. The molecule has 0 saturated carbocycles. The van der Waals surface area contributed by atoms with Gasteiger partial charge >= 0.3 is 5.97 Å². The van der Waals surface area contributed by atoms with Crippen LogP contribution in [0.25, 0.3) is 0 Å². The molecule has 0 spiro atoms. The number of hydrogen-bond acceptors (Lipinski definition) is 7. The van der Waals surface area contributed by atoms with Gasteiger partial charge in [-0.15, -0.1) is 6.42 Å². The zero-order chi connectivity index (χ0) is 24.3. The second-order valence-corrected chi connectivity index (χ2v) is 8.58. The van der Waals surface area contributed by atoms with Crippen molar-refractivity contribution < 1.29 is 33.3 Å². The number of unbranched alkanes of at least 4 members (excludes halogenated alkanes) is 4. The Kier molecular flexibility index (Phi) is 10.4. The Morgan fingerprint density at radius 3 is 2.62 bits per heavy atom. The minimum absolute atomic E-state index is 0.0232. The number of nitrogens with one attached hydrogen (secondary N) is 1. The Morgan fingerprint density at radius 1 is 1.15 bits per heavy atom. The summed E-state index contributed by atoms with van der Waals surface area (Å²) in [6.45, 7) is 3.71. The highest BCUT2D eigenvalue weighted by molar-refractivity contribution is 5.73. The molecule has 0 bridgehead atoms. The van der Waals surface area contributed by atoms with Crippen LogP contribution in [0.3, 0.4) is 0 Å². The van der Waals surface area contributed by atoms with E-state index in [2.05, 4.69) is 18.2 Å². The van der Waals surface area contributed by atoms with E-state index in [4.69, 9.17) is 30.1 Å². The summed E-state index contributed by atoms with van der Waals surface area (Å²) in [6, 6.07) is 8.71. The van der Waals surface area contributed by atoms with E-state index in [1.165, 1.54) is 6.92 Å². The number of amides is 1. The van der Waals surface area contributed by atoms with Crippen molar-refractivity contribution in [2.45, 2.75) is 89.3 Å². The number of hydrogen-bond donors (Lipinski definition) is 1. The third-order valence-corrected chi connectivity index (χ3v) is 5.86. The smallest absolute Gasteiger partial charge is 0.306 e. The molecule has 0 aromatic heterocycles. The lowest BCUT2D eigenvalue weighted by Gasteiger charge is -2.48. The van der Waals surface area contributed by atoms with Crippen LogP contribution in [0.5, 0.6) is 0 Å². The Morgan fingerprint density at radius 2 is 1.91 bits per heavy atom. The fourth-order valence-electron chi connectivity index (χ4n) is 4.24. The molecule has 2 saturated heterocycles. The summed E-state index contributed by atoms with van der Waals surface area (Å²) in [5.41, 5.74) is 0.837. The van der Waals surface area contributed by atoms with E-state index in [0.717, 1.165) is 37.7 Å². The number of esters is 1. The lowest BCUT2D eigenvalue weighted by Crippen LogP contribution is -2.67. The fraction of sp³-hybridized carbons (Fsp3) is 0.615. The standard InChI is InChI=1S/C26H35NO7/c1-4-6-7-8-12-15-21(29)33-24-22(27-18(3)28)26(30-16-5-2)32-20-17-31-25(34-23(20)24)19-13-10-9-11-14-19/h2,9-11,13-14,20,22-26H,4,6-8,12,15-17H2,1,3H3,(H,27,28)/t20-,22-,23+,24+,25+,26+/m0/s1. The van der Waals surface area contributed by atoms with Crippen molar-refractivity contribution in [2.75, 3.05) is 13.2 Å². The van der Waals surface area contributed by atoms with E-state index in [1.54, 1.807) is 0 Å². The molecule has 6 atom stereocenters. The lowest BCUT2D eigenvalue weighted by molar-refractivity contribution is -0.343. The molecule has 1 N–H and O–H groups in total. The van der Waals surface area contributed by atoms with Crippen LogP contribution in [0, 0.1) is 12.3 Å².